The largest absolute Gasteiger partial charge is 0.497 e. The van der Waals surface area contributed by atoms with Gasteiger partial charge in [0.2, 0.25) is 0 Å². The third kappa shape index (κ3) is 2.55. The van der Waals surface area contributed by atoms with Crippen LogP contribution in [0.1, 0.15) is 21.5 Å². The number of carbonyl (C=O) groups is 1. The summed E-state index contributed by atoms with van der Waals surface area (Å²) in [4.78, 5) is 12.6. The van der Waals surface area contributed by atoms with E-state index >= 15 is 0 Å². The van der Waals surface area contributed by atoms with Crippen molar-refractivity contribution in [2.75, 3.05) is 13.7 Å². The van der Waals surface area contributed by atoms with E-state index in [9.17, 15) is 4.79 Å². The molecule has 21 heavy (non-hydrogen) atoms. The van der Waals surface area contributed by atoms with Crippen molar-refractivity contribution in [3.05, 3.63) is 64.7 Å². The summed E-state index contributed by atoms with van der Waals surface area (Å²) in [5.41, 5.74) is 3.38. The highest BCUT2D eigenvalue weighted by Gasteiger charge is 2.24. The Morgan fingerprint density at radius 1 is 1.19 bits per heavy atom. The molecule has 0 N–H and O–H groups in total. The second kappa shape index (κ2) is 5.44. The molecule has 0 fully saturated rings. The van der Waals surface area contributed by atoms with Crippen molar-refractivity contribution in [2.24, 2.45) is 0 Å². The highest BCUT2D eigenvalue weighted by Crippen LogP contribution is 2.31. The molecule has 0 aliphatic carbocycles. The first-order valence-corrected chi connectivity index (χ1v) is 6.81. The minimum absolute atomic E-state index is 0.00148. The number of benzene rings is 2. The van der Waals surface area contributed by atoms with Gasteiger partial charge >= 0.3 is 0 Å². The maximum absolute atomic E-state index is 12.6. The molecule has 3 nitrogen and oxygen atoms in total. The van der Waals surface area contributed by atoms with Crippen LogP contribution in [0.3, 0.4) is 0 Å². The Balaban J connectivity index is 2.00. The standard InChI is InChI=1S/C18H16O3/c1-12-5-3-4-6-13(12)9-14-11-21-17-8-7-15(20-2)10-16(17)18(14)19/h3-10H,11H2,1-2H3/b14-9+. The van der Waals surface area contributed by atoms with Crippen LogP contribution in [-0.2, 0) is 0 Å². The van der Waals surface area contributed by atoms with E-state index in [4.69, 9.17) is 9.47 Å². The highest BCUT2D eigenvalue weighted by molar-refractivity contribution is 6.14. The van der Waals surface area contributed by atoms with Gasteiger partial charge in [0.05, 0.1) is 12.7 Å². The number of ketones is 1. The number of aryl methyl sites for hydroxylation is 1. The van der Waals surface area contributed by atoms with Crippen LogP contribution < -0.4 is 9.47 Å². The Kier molecular flexibility index (Phi) is 3.48. The van der Waals surface area contributed by atoms with E-state index in [0.29, 0.717) is 29.2 Å². The summed E-state index contributed by atoms with van der Waals surface area (Å²) in [5.74, 6) is 1.27. The van der Waals surface area contributed by atoms with Crippen molar-refractivity contribution in [1.29, 1.82) is 0 Å². The quantitative estimate of drug-likeness (QED) is 0.787. The van der Waals surface area contributed by atoms with Gasteiger partial charge in [0, 0.05) is 5.57 Å². The third-order valence-electron chi connectivity index (χ3n) is 3.62. The molecule has 3 rings (SSSR count). The lowest BCUT2D eigenvalue weighted by molar-refractivity contribution is 0.100. The summed E-state index contributed by atoms with van der Waals surface area (Å²) < 4.78 is 10.8. The molecule has 0 unspecified atom stereocenters. The normalized spacial score (nSPS) is 15.5. The third-order valence-corrected chi connectivity index (χ3v) is 3.62. The lowest BCUT2D eigenvalue weighted by atomic mass is 9.97. The van der Waals surface area contributed by atoms with E-state index in [2.05, 4.69) is 0 Å². The van der Waals surface area contributed by atoms with Gasteiger partial charge in [0.1, 0.15) is 18.1 Å². The Labute approximate surface area is 123 Å². The van der Waals surface area contributed by atoms with E-state index in [-0.39, 0.29) is 5.78 Å². The molecule has 0 aromatic heterocycles. The molecule has 106 valence electrons. The maximum Gasteiger partial charge on any atom is 0.196 e. The van der Waals surface area contributed by atoms with Gasteiger partial charge in [-0.15, -0.1) is 0 Å². The second-order valence-corrected chi connectivity index (χ2v) is 5.01. The number of methoxy groups -OCH3 is 1. The SMILES string of the molecule is COc1ccc2c(c1)C(=O)/C(=C/c1ccccc1C)CO2. The van der Waals surface area contributed by atoms with Gasteiger partial charge in [-0.1, -0.05) is 24.3 Å². The van der Waals surface area contributed by atoms with E-state index in [1.54, 1.807) is 25.3 Å². The molecular formula is C18H16O3. The highest BCUT2D eigenvalue weighted by atomic mass is 16.5. The fourth-order valence-corrected chi connectivity index (χ4v) is 2.38. The van der Waals surface area contributed by atoms with Crippen LogP contribution in [0.25, 0.3) is 6.08 Å². The average Bonchev–Trinajstić information content (AvgIpc) is 2.52. The first-order chi connectivity index (χ1) is 10.2. The van der Waals surface area contributed by atoms with Crippen LogP contribution in [0.15, 0.2) is 48.0 Å². The van der Waals surface area contributed by atoms with Crippen molar-refractivity contribution in [2.45, 2.75) is 6.92 Å². The molecule has 2 aromatic rings. The summed E-state index contributed by atoms with van der Waals surface area (Å²) in [5, 5.41) is 0. The molecule has 3 heteroatoms. The Bertz CT molecular complexity index is 729. The number of hydrogen-bond donors (Lipinski definition) is 0. The lowest BCUT2D eigenvalue weighted by Gasteiger charge is -2.19. The smallest absolute Gasteiger partial charge is 0.196 e. The molecule has 0 bridgehead atoms. The molecule has 0 radical (unpaired) electrons. The zero-order valence-corrected chi connectivity index (χ0v) is 12.1. The lowest BCUT2D eigenvalue weighted by Crippen LogP contribution is -2.19. The summed E-state index contributed by atoms with van der Waals surface area (Å²) in [7, 11) is 1.58. The fraction of sp³-hybridized carbons (Fsp3) is 0.167. The summed E-state index contributed by atoms with van der Waals surface area (Å²) in [6.07, 6.45) is 1.90. The molecule has 0 atom stereocenters. The predicted octanol–water partition coefficient (Wildman–Crippen LogP) is 3.66. The fourth-order valence-electron chi connectivity index (χ4n) is 2.38. The van der Waals surface area contributed by atoms with Gasteiger partial charge in [-0.3, -0.25) is 4.79 Å². The van der Waals surface area contributed by atoms with Crippen LogP contribution in [-0.4, -0.2) is 19.5 Å². The number of ether oxygens (including phenoxy) is 2. The average molecular weight is 280 g/mol. The topological polar surface area (TPSA) is 35.5 Å². The Hall–Kier alpha value is -2.55. The molecule has 0 amide bonds. The summed E-state index contributed by atoms with van der Waals surface area (Å²) >= 11 is 0. The van der Waals surface area contributed by atoms with Crippen molar-refractivity contribution >= 4 is 11.9 Å². The first kappa shape index (κ1) is 13.4. The molecule has 1 aliphatic heterocycles. The summed E-state index contributed by atoms with van der Waals surface area (Å²) in [6, 6.07) is 13.3. The molecule has 0 saturated carbocycles. The van der Waals surface area contributed by atoms with Crippen LogP contribution in [0.2, 0.25) is 0 Å². The molecule has 0 saturated heterocycles. The van der Waals surface area contributed by atoms with Gasteiger partial charge in [0.15, 0.2) is 5.78 Å². The molecular weight excluding hydrogens is 264 g/mol. The minimum atomic E-state index is -0.00148. The number of carbonyl (C=O) groups excluding carboxylic acids is 1. The molecule has 1 aliphatic rings. The predicted molar refractivity (Wildman–Crippen MR) is 82.0 cm³/mol. The zero-order valence-electron chi connectivity index (χ0n) is 12.1. The minimum Gasteiger partial charge on any atom is -0.497 e. The molecule has 2 aromatic carbocycles. The van der Waals surface area contributed by atoms with Crippen molar-refractivity contribution < 1.29 is 14.3 Å². The maximum atomic E-state index is 12.6. The van der Waals surface area contributed by atoms with Crippen LogP contribution >= 0.6 is 0 Å². The van der Waals surface area contributed by atoms with E-state index < -0.39 is 0 Å². The van der Waals surface area contributed by atoms with E-state index in [1.165, 1.54) is 0 Å². The number of hydrogen-bond acceptors (Lipinski definition) is 3. The second-order valence-electron chi connectivity index (χ2n) is 5.01. The van der Waals surface area contributed by atoms with Gasteiger partial charge in [-0.25, -0.2) is 0 Å². The number of Topliss-reactive ketones (excluding diaryl/α,β-unsaturated/α-hetero) is 1. The van der Waals surface area contributed by atoms with Crippen LogP contribution in [0, 0.1) is 6.92 Å². The summed E-state index contributed by atoms with van der Waals surface area (Å²) in [6.45, 7) is 2.32. The van der Waals surface area contributed by atoms with Gasteiger partial charge < -0.3 is 9.47 Å². The van der Waals surface area contributed by atoms with Crippen molar-refractivity contribution in [3.63, 3.8) is 0 Å². The monoisotopic (exact) mass is 280 g/mol. The molecule has 0 spiro atoms. The zero-order chi connectivity index (χ0) is 14.8. The van der Waals surface area contributed by atoms with Gasteiger partial charge in [0.25, 0.3) is 0 Å². The molecule has 1 heterocycles. The Morgan fingerprint density at radius 2 is 2.00 bits per heavy atom. The number of fused-ring (bicyclic) bond motifs is 1. The first-order valence-electron chi connectivity index (χ1n) is 6.81. The van der Waals surface area contributed by atoms with E-state index in [0.717, 1.165) is 11.1 Å². The Morgan fingerprint density at radius 3 is 2.76 bits per heavy atom. The van der Waals surface area contributed by atoms with Gasteiger partial charge in [-0.05, 0) is 42.3 Å². The van der Waals surface area contributed by atoms with Gasteiger partial charge in [-0.2, -0.15) is 0 Å². The van der Waals surface area contributed by atoms with Crippen molar-refractivity contribution in [1.82, 2.24) is 0 Å². The van der Waals surface area contributed by atoms with E-state index in [1.807, 2.05) is 37.3 Å². The van der Waals surface area contributed by atoms with Crippen LogP contribution in [0.5, 0.6) is 11.5 Å². The van der Waals surface area contributed by atoms with Crippen LogP contribution in [0.4, 0.5) is 0 Å². The number of rotatable bonds is 2. The van der Waals surface area contributed by atoms with Crippen molar-refractivity contribution in [3.8, 4) is 11.5 Å².